The molecule has 3 N–H and O–H groups in total. The molecule has 3 aliphatic rings. The Morgan fingerprint density at radius 1 is 1.10 bits per heavy atom. The van der Waals surface area contributed by atoms with Gasteiger partial charge in [-0.25, -0.2) is 0 Å². The van der Waals surface area contributed by atoms with E-state index in [0.717, 1.165) is 30.0 Å². The van der Waals surface area contributed by atoms with Gasteiger partial charge in [0.05, 0.1) is 11.1 Å². The third kappa shape index (κ3) is 3.58. The minimum absolute atomic E-state index is 0.117. The number of benzene rings is 1. The monoisotopic (exact) mass is 398 g/mol. The minimum Gasteiger partial charge on any atom is -0.330 e. The molecule has 154 valence electrons. The van der Waals surface area contributed by atoms with Crippen LogP contribution in [0.1, 0.15) is 52.5 Å². The summed E-state index contributed by atoms with van der Waals surface area (Å²) in [7, 11) is 0. The Labute approximate surface area is 169 Å². The summed E-state index contributed by atoms with van der Waals surface area (Å²) in [5.41, 5.74) is 7.45. The van der Waals surface area contributed by atoms with Crippen LogP contribution in [0.25, 0.3) is 0 Å². The van der Waals surface area contributed by atoms with E-state index in [-0.39, 0.29) is 18.7 Å². The Kier molecular flexibility index (Phi) is 5.23. The average molecular weight is 398 g/mol. The molecule has 1 aromatic rings. The fraction of sp³-hybridized carbons (Fsp3) is 0.524. The van der Waals surface area contributed by atoms with Gasteiger partial charge in [0.15, 0.2) is 0 Å². The van der Waals surface area contributed by atoms with Crippen LogP contribution >= 0.6 is 0 Å². The Morgan fingerprint density at radius 2 is 1.86 bits per heavy atom. The molecule has 0 bridgehead atoms. The highest BCUT2D eigenvalue weighted by Crippen LogP contribution is 2.29. The van der Waals surface area contributed by atoms with Gasteiger partial charge in [-0.1, -0.05) is 13.0 Å². The van der Waals surface area contributed by atoms with Crippen molar-refractivity contribution in [3.63, 3.8) is 0 Å². The van der Waals surface area contributed by atoms with Gasteiger partial charge in [0, 0.05) is 19.5 Å². The SMILES string of the molecule is CC1CN(Cc2ccc3c(c2)C(=O)N(C2CCC(=O)NC2=O)C3=O)CCC1CN. The average Bonchev–Trinajstić information content (AvgIpc) is 2.93. The molecule has 1 aromatic carbocycles. The molecule has 0 aliphatic carbocycles. The van der Waals surface area contributed by atoms with Crippen molar-refractivity contribution in [2.24, 2.45) is 17.6 Å². The summed E-state index contributed by atoms with van der Waals surface area (Å²) in [6.45, 7) is 5.54. The van der Waals surface area contributed by atoms with Crippen LogP contribution in [0.4, 0.5) is 0 Å². The van der Waals surface area contributed by atoms with E-state index in [4.69, 9.17) is 5.73 Å². The molecule has 3 atom stereocenters. The summed E-state index contributed by atoms with van der Waals surface area (Å²) in [4.78, 5) is 52.6. The van der Waals surface area contributed by atoms with Crippen molar-refractivity contribution in [2.75, 3.05) is 19.6 Å². The van der Waals surface area contributed by atoms with Crippen LogP contribution in [0.15, 0.2) is 18.2 Å². The second-order valence-corrected chi connectivity index (χ2v) is 8.32. The number of hydrogen-bond donors (Lipinski definition) is 2. The maximum Gasteiger partial charge on any atom is 0.262 e. The van der Waals surface area contributed by atoms with E-state index < -0.39 is 23.8 Å². The largest absolute Gasteiger partial charge is 0.330 e. The fourth-order valence-electron chi connectivity index (χ4n) is 4.65. The van der Waals surface area contributed by atoms with Gasteiger partial charge in [-0.3, -0.25) is 34.3 Å². The number of fused-ring (bicyclic) bond motifs is 1. The van der Waals surface area contributed by atoms with E-state index in [1.54, 1.807) is 12.1 Å². The van der Waals surface area contributed by atoms with Crippen molar-refractivity contribution in [1.82, 2.24) is 15.1 Å². The number of piperidine rings is 2. The molecule has 3 heterocycles. The number of rotatable bonds is 4. The Balaban J connectivity index is 1.50. The van der Waals surface area contributed by atoms with E-state index in [2.05, 4.69) is 17.1 Å². The van der Waals surface area contributed by atoms with Gasteiger partial charge in [0.25, 0.3) is 11.8 Å². The third-order valence-corrected chi connectivity index (χ3v) is 6.38. The quantitative estimate of drug-likeness (QED) is 0.715. The van der Waals surface area contributed by atoms with Crippen molar-refractivity contribution in [2.45, 2.75) is 38.8 Å². The molecule has 8 nitrogen and oxygen atoms in total. The topological polar surface area (TPSA) is 113 Å². The van der Waals surface area contributed by atoms with Gasteiger partial charge in [-0.15, -0.1) is 0 Å². The number of imide groups is 2. The predicted molar refractivity (Wildman–Crippen MR) is 105 cm³/mol. The molecule has 4 rings (SSSR count). The maximum atomic E-state index is 12.9. The first kappa shape index (κ1) is 19.7. The van der Waals surface area contributed by atoms with Gasteiger partial charge in [0.1, 0.15) is 6.04 Å². The number of nitrogens with zero attached hydrogens (tertiary/aromatic N) is 2. The zero-order chi connectivity index (χ0) is 20.7. The lowest BCUT2D eigenvalue weighted by Crippen LogP contribution is -2.54. The molecule has 0 aromatic heterocycles. The number of hydrogen-bond acceptors (Lipinski definition) is 6. The molecule has 0 spiro atoms. The summed E-state index contributed by atoms with van der Waals surface area (Å²) >= 11 is 0. The summed E-state index contributed by atoms with van der Waals surface area (Å²) < 4.78 is 0. The van der Waals surface area contributed by atoms with Gasteiger partial charge in [-0.2, -0.15) is 0 Å². The first-order chi connectivity index (χ1) is 13.9. The molecule has 4 amide bonds. The molecule has 0 saturated carbocycles. The number of carbonyl (C=O) groups is 4. The number of likely N-dealkylation sites (tertiary alicyclic amines) is 1. The lowest BCUT2D eigenvalue weighted by Gasteiger charge is -2.36. The van der Waals surface area contributed by atoms with Gasteiger partial charge < -0.3 is 5.73 Å². The van der Waals surface area contributed by atoms with Crippen LogP contribution in [0.5, 0.6) is 0 Å². The highest BCUT2D eigenvalue weighted by atomic mass is 16.2. The molecule has 2 fully saturated rings. The smallest absolute Gasteiger partial charge is 0.262 e. The molecule has 3 aliphatic heterocycles. The highest BCUT2D eigenvalue weighted by molar-refractivity contribution is 6.23. The lowest BCUT2D eigenvalue weighted by atomic mass is 9.87. The van der Waals surface area contributed by atoms with Gasteiger partial charge >= 0.3 is 0 Å². The zero-order valence-electron chi connectivity index (χ0n) is 16.5. The first-order valence-corrected chi connectivity index (χ1v) is 10.2. The van der Waals surface area contributed by atoms with E-state index in [1.165, 1.54) is 0 Å². The second-order valence-electron chi connectivity index (χ2n) is 8.32. The number of carbonyl (C=O) groups excluding carboxylic acids is 4. The molecule has 2 saturated heterocycles. The molecule has 29 heavy (non-hydrogen) atoms. The van der Waals surface area contributed by atoms with Gasteiger partial charge in [-0.05, 0) is 55.5 Å². The van der Waals surface area contributed by atoms with Crippen molar-refractivity contribution < 1.29 is 19.2 Å². The Bertz CT molecular complexity index is 883. The van der Waals surface area contributed by atoms with Crippen LogP contribution in [0.3, 0.4) is 0 Å². The van der Waals surface area contributed by atoms with E-state index in [0.29, 0.717) is 36.1 Å². The minimum atomic E-state index is -0.931. The van der Waals surface area contributed by atoms with E-state index in [9.17, 15) is 19.2 Å². The normalized spacial score (nSPS) is 27.9. The predicted octanol–water partition coefficient (Wildman–Crippen LogP) is 0.505. The van der Waals surface area contributed by atoms with Crippen molar-refractivity contribution in [3.8, 4) is 0 Å². The van der Waals surface area contributed by atoms with Crippen LogP contribution in [-0.2, 0) is 16.1 Å². The second kappa shape index (κ2) is 7.68. The fourth-order valence-corrected chi connectivity index (χ4v) is 4.65. The summed E-state index contributed by atoms with van der Waals surface area (Å²) in [6, 6.07) is 4.38. The van der Waals surface area contributed by atoms with Crippen LogP contribution < -0.4 is 11.1 Å². The maximum absolute atomic E-state index is 12.9. The molecular formula is C21H26N4O4. The standard InChI is InChI=1S/C21H26N4O4/c1-12-10-24(7-6-14(12)9-22)11-13-2-3-15-16(8-13)21(29)25(20(15)28)17-4-5-18(26)23-19(17)27/h2-3,8,12,14,17H,4-7,9-11,22H2,1H3,(H,23,26,27). The molecule has 3 unspecified atom stereocenters. The number of nitrogens with two attached hydrogens (primary N) is 1. The zero-order valence-corrected chi connectivity index (χ0v) is 16.5. The molecule has 0 radical (unpaired) electrons. The van der Waals surface area contributed by atoms with Crippen molar-refractivity contribution in [3.05, 3.63) is 34.9 Å². The number of nitrogens with one attached hydrogen (secondary N) is 1. The first-order valence-electron chi connectivity index (χ1n) is 10.2. The molecule has 8 heteroatoms. The Morgan fingerprint density at radius 3 is 2.55 bits per heavy atom. The van der Waals surface area contributed by atoms with Crippen LogP contribution in [-0.4, -0.2) is 59.1 Å². The Hall–Kier alpha value is -2.58. The summed E-state index contributed by atoms with van der Waals surface area (Å²) in [6.07, 6.45) is 1.34. The van der Waals surface area contributed by atoms with Crippen LogP contribution in [0, 0.1) is 11.8 Å². The van der Waals surface area contributed by atoms with E-state index in [1.807, 2.05) is 6.07 Å². The highest BCUT2D eigenvalue weighted by Gasteiger charge is 2.44. The van der Waals surface area contributed by atoms with Gasteiger partial charge in [0.2, 0.25) is 11.8 Å². The van der Waals surface area contributed by atoms with E-state index >= 15 is 0 Å². The van der Waals surface area contributed by atoms with Crippen molar-refractivity contribution >= 4 is 23.6 Å². The summed E-state index contributed by atoms with van der Waals surface area (Å²) in [5, 5.41) is 2.21. The third-order valence-electron chi connectivity index (χ3n) is 6.38. The lowest BCUT2D eigenvalue weighted by molar-refractivity contribution is -0.136. The molecular weight excluding hydrogens is 372 g/mol. The summed E-state index contributed by atoms with van der Waals surface area (Å²) in [5.74, 6) is -0.826. The van der Waals surface area contributed by atoms with Crippen molar-refractivity contribution in [1.29, 1.82) is 0 Å². The number of amides is 4. The van der Waals surface area contributed by atoms with Crippen LogP contribution in [0.2, 0.25) is 0 Å².